The Labute approximate surface area is 164 Å². The van der Waals surface area contributed by atoms with Crippen molar-refractivity contribution in [2.24, 2.45) is 10.4 Å². The van der Waals surface area contributed by atoms with Crippen LogP contribution in [0.5, 0.6) is 0 Å². The van der Waals surface area contributed by atoms with Gasteiger partial charge in [-0.25, -0.2) is 0 Å². The standard InChI is InChI=1S/C22H36N4O/c1-4-23-21(24-17-22(10-11-22)12-15-27-3)25-18(2)19-8-7-9-20(16-19)26-13-5-6-14-26/h7-9,16,18H,4-6,10-15,17H2,1-3H3,(H2,23,24,25). The Hall–Kier alpha value is -1.75. The van der Waals surface area contributed by atoms with Crippen molar-refractivity contribution in [3.63, 3.8) is 0 Å². The fraction of sp³-hybridized carbons (Fsp3) is 0.682. The van der Waals surface area contributed by atoms with E-state index in [0.717, 1.165) is 32.1 Å². The van der Waals surface area contributed by atoms with Crippen molar-refractivity contribution < 1.29 is 4.74 Å². The number of aliphatic imine (C=N–C) groups is 1. The Morgan fingerprint density at radius 3 is 2.74 bits per heavy atom. The van der Waals surface area contributed by atoms with Gasteiger partial charge in [-0.15, -0.1) is 0 Å². The summed E-state index contributed by atoms with van der Waals surface area (Å²) in [5.41, 5.74) is 3.03. The highest BCUT2D eigenvalue weighted by Crippen LogP contribution is 2.48. The zero-order chi connectivity index (χ0) is 19.1. The van der Waals surface area contributed by atoms with Gasteiger partial charge in [0.15, 0.2) is 5.96 Å². The highest BCUT2D eigenvalue weighted by molar-refractivity contribution is 5.80. The molecule has 1 aliphatic carbocycles. The summed E-state index contributed by atoms with van der Waals surface area (Å²) in [6.07, 6.45) is 6.26. The Bertz CT molecular complexity index is 620. The second kappa shape index (κ2) is 9.45. The van der Waals surface area contributed by atoms with Crippen molar-refractivity contribution in [1.29, 1.82) is 0 Å². The average molecular weight is 373 g/mol. The van der Waals surface area contributed by atoms with Gasteiger partial charge in [-0.2, -0.15) is 0 Å². The molecule has 1 unspecified atom stereocenters. The molecule has 2 aliphatic rings. The number of guanidine groups is 1. The van der Waals surface area contributed by atoms with E-state index in [-0.39, 0.29) is 6.04 Å². The molecule has 1 heterocycles. The summed E-state index contributed by atoms with van der Waals surface area (Å²) < 4.78 is 5.26. The number of hydrogen-bond donors (Lipinski definition) is 2. The predicted molar refractivity (Wildman–Crippen MR) is 114 cm³/mol. The maximum Gasteiger partial charge on any atom is 0.191 e. The number of rotatable bonds is 9. The maximum absolute atomic E-state index is 5.26. The molecule has 1 aromatic rings. The molecular formula is C22H36N4O. The van der Waals surface area contributed by atoms with E-state index in [4.69, 9.17) is 9.73 Å². The lowest BCUT2D eigenvalue weighted by atomic mass is 10.0. The number of nitrogens with one attached hydrogen (secondary N) is 2. The second-order valence-corrected chi connectivity index (χ2v) is 8.09. The van der Waals surface area contributed by atoms with Gasteiger partial charge in [0.25, 0.3) is 0 Å². The molecule has 150 valence electrons. The Morgan fingerprint density at radius 1 is 1.30 bits per heavy atom. The van der Waals surface area contributed by atoms with Gasteiger partial charge in [0.05, 0.1) is 6.04 Å². The minimum absolute atomic E-state index is 0.222. The molecule has 0 spiro atoms. The minimum atomic E-state index is 0.222. The van der Waals surface area contributed by atoms with Crippen molar-refractivity contribution in [1.82, 2.24) is 10.6 Å². The van der Waals surface area contributed by atoms with E-state index in [1.165, 1.54) is 50.0 Å². The smallest absolute Gasteiger partial charge is 0.191 e. The summed E-state index contributed by atoms with van der Waals surface area (Å²) in [5.74, 6) is 0.917. The number of benzene rings is 1. The van der Waals surface area contributed by atoms with E-state index in [2.05, 4.69) is 53.6 Å². The fourth-order valence-corrected chi connectivity index (χ4v) is 3.80. The van der Waals surface area contributed by atoms with Crippen LogP contribution < -0.4 is 15.5 Å². The van der Waals surface area contributed by atoms with Crippen LogP contribution in [0.25, 0.3) is 0 Å². The molecule has 2 N–H and O–H groups in total. The minimum Gasteiger partial charge on any atom is -0.385 e. The fourth-order valence-electron chi connectivity index (χ4n) is 3.80. The Morgan fingerprint density at radius 2 is 2.07 bits per heavy atom. The first-order valence-corrected chi connectivity index (χ1v) is 10.5. The molecule has 1 saturated carbocycles. The van der Waals surface area contributed by atoms with Crippen LogP contribution in [0.4, 0.5) is 5.69 Å². The topological polar surface area (TPSA) is 48.9 Å². The lowest BCUT2D eigenvalue weighted by molar-refractivity contribution is 0.174. The van der Waals surface area contributed by atoms with E-state index in [1.54, 1.807) is 7.11 Å². The van der Waals surface area contributed by atoms with Gasteiger partial charge in [-0.05, 0) is 69.1 Å². The summed E-state index contributed by atoms with van der Waals surface area (Å²) in [6.45, 7) is 9.28. The van der Waals surface area contributed by atoms with Crippen molar-refractivity contribution in [2.75, 3.05) is 44.8 Å². The van der Waals surface area contributed by atoms with Crippen molar-refractivity contribution in [3.05, 3.63) is 29.8 Å². The Kier molecular flexibility index (Phi) is 7.00. The van der Waals surface area contributed by atoms with Crippen LogP contribution in [0, 0.1) is 5.41 Å². The van der Waals surface area contributed by atoms with Gasteiger partial charge in [0.1, 0.15) is 0 Å². The summed E-state index contributed by atoms with van der Waals surface area (Å²) in [4.78, 5) is 7.38. The third kappa shape index (κ3) is 5.61. The molecule has 2 fully saturated rings. The molecule has 1 aromatic carbocycles. The second-order valence-electron chi connectivity index (χ2n) is 8.09. The van der Waals surface area contributed by atoms with Crippen LogP contribution >= 0.6 is 0 Å². The first-order chi connectivity index (χ1) is 13.2. The maximum atomic E-state index is 5.26. The summed E-state index contributed by atoms with van der Waals surface area (Å²) >= 11 is 0. The zero-order valence-electron chi connectivity index (χ0n) is 17.3. The third-order valence-corrected chi connectivity index (χ3v) is 5.91. The predicted octanol–water partition coefficient (Wildman–Crippen LogP) is 3.72. The number of anilines is 1. The number of ether oxygens (including phenoxy) is 1. The lowest BCUT2D eigenvalue weighted by Crippen LogP contribution is -2.39. The van der Waals surface area contributed by atoms with Gasteiger partial charge in [-0.3, -0.25) is 4.99 Å². The van der Waals surface area contributed by atoms with Gasteiger partial charge in [0.2, 0.25) is 0 Å². The quantitative estimate of drug-likeness (QED) is 0.512. The van der Waals surface area contributed by atoms with Gasteiger partial charge < -0.3 is 20.3 Å². The van der Waals surface area contributed by atoms with E-state index < -0.39 is 0 Å². The molecule has 1 atom stereocenters. The van der Waals surface area contributed by atoms with Gasteiger partial charge in [-0.1, -0.05) is 12.1 Å². The van der Waals surface area contributed by atoms with Crippen LogP contribution in [-0.2, 0) is 4.74 Å². The third-order valence-electron chi connectivity index (χ3n) is 5.91. The van der Waals surface area contributed by atoms with Crippen LogP contribution in [0.1, 0.15) is 57.6 Å². The molecule has 5 heteroatoms. The summed E-state index contributed by atoms with van der Waals surface area (Å²) in [6, 6.07) is 9.16. The van der Waals surface area contributed by atoms with E-state index in [1.807, 2.05) is 0 Å². The Balaban J connectivity index is 1.62. The van der Waals surface area contributed by atoms with Crippen LogP contribution in [0.15, 0.2) is 29.3 Å². The molecule has 27 heavy (non-hydrogen) atoms. The molecule has 3 rings (SSSR count). The SMILES string of the molecule is CCNC(=NCC1(CCOC)CC1)NC(C)c1cccc(N2CCCC2)c1. The molecule has 0 bridgehead atoms. The summed E-state index contributed by atoms with van der Waals surface area (Å²) in [7, 11) is 1.78. The number of hydrogen-bond acceptors (Lipinski definition) is 3. The molecule has 0 amide bonds. The van der Waals surface area contributed by atoms with E-state index in [0.29, 0.717) is 5.41 Å². The highest BCUT2D eigenvalue weighted by Gasteiger charge is 2.41. The highest BCUT2D eigenvalue weighted by atomic mass is 16.5. The van der Waals surface area contributed by atoms with Crippen molar-refractivity contribution in [3.8, 4) is 0 Å². The molecular weight excluding hydrogens is 336 g/mol. The zero-order valence-corrected chi connectivity index (χ0v) is 17.3. The first kappa shape index (κ1) is 20.0. The van der Waals surface area contributed by atoms with Crippen LogP contribution in [0.2, 0.25) is 0 Å². The molecule has 0 radical (unpaired) electrons. The van der Waals surface area contributed by atoms with Gasteiger partial charge >= 0.3 is 0 Å². The average Bonchev–Trinajstić information content (AvgIpc) is 3.24. The molecule has 0 aromatic heterocycles. The van der Waals surface area contributed by atoms with Crippen molar-refractivity contribution >= 4 is 11.6 Å². The van der Waals surface area contributed by atoms with Crippen molar-refractivity contribution in [2.45, 2.75) is 52.0 Å². The molecule has 5 nitrogen and oxygen atoms in total. The van der Waals surface area contributed by atoms with Gasteiger partial charge in [0, 0.05) is 45.6 Å². The van der Waals surface area contributed by atoms with E-state index in [9.17, 15) is 0 Å². The largest absolute Gasteiger partial charge is 0.385 e. The molecule has 1 saturated heterocycles. The summed E-state index contributed by atoms with van der Waals surface area (Å²) in [5, 5.41) is 7.00. The molecule has 1 aliphatic heterocycles. The lowest BCUT2D eigenvalue weighted by Gasteiger charge is -2.22. The normalized spacial score (nSPS) is 19.8. The monoisotopic (exact) mass is 372 g/mol. The van der Waals surface area contributed by atoms with E-state index >= 15 is 0 Å². The van der Waals surface area contributed by atoms with Crippen LogP contribution in [0.3, 0.4) is 0 Å². The number of nitrogens with zero attached hydrogens (tertiary/aromatic N) is 2. The number of methoxy groups -OCH3 is 1. The van der Waals surface area contributed by atoms with Crippen LogP contribution in [-0.4, -0.2) is 45.9 Å². The first-order valence-electron chi connectivity index (χ1n) is 10.5.